The number of ether oxygens (including phenoxy) is 1. The van der Waals surface area contributed by atoms with Crippen LogP contribution in [0.1, 0.15) is 10.4 Å². The van der Waals surface area contributed by atoms with Crippen LogP contribution in [0.4, 0.5) is 4.39 Å². The predicted octanol–water partition coefficient (Wildman–Crippen LogP) is 2.71. The summed E-state index contributed by atoms with van der Waals surface area (Å²) in [5, 5.41) is 0. The maximum atomic E-state index is 12.8. The number of carbonyl (C=O) groups is 1. The zero-order valence-corrected chi connectivity index (χ0v) is 9.18. The number of hydrogen-bond acceptors (Lipinski definition) is 3. The van der Waals surface area contributed by atoms with E-state index in [1.165, 1.54) is 25.4 Å². The Labute approximate surface area is 97.9 Å². The van der Waals surface area contributed by atoms with E-state index in [0.717, 1.165) is 5.56 Å². The number of carbonyl (C=O) groups excluding carboxylic acids is 1. The summed E-state index contributed by atoms with van der Waals surface area (Å²) in [6.45, 7) is 0. The Balaban J connectivity index is 2.58. The van der Waals surface area contributed by atoms with Crippen LogP contribution in [-0.2, 0) is 0 Å². The Morgan fingerprint density at radius 3 is 2.53 bits per heavy atom. The van der Waals surface area contributed by atoms with Gasteiger partial charge in [0.1, 0.15) is 11.6 Å². The van der Waals surface area contributed by atoms with Gasteiger partial charge in [-0.3, -0.25) is 9.78 Å². The topological polar surface area (TPSA) is 39.2 Å². The summed E-state index contributed by atoms with van der Waals surface area (Å²) in [4.78, 5) is 15.1. The summed E-state index contributed by atoms with van der Waals surface area (Å²) in [5.74, 6) is 0.0825. The number of hydrogen-bond donors (Lipinski definition) is 0. The highest BCUT2D eigenvalue weighted by Crippen LogP contribution is 2.28. The predicted molar refractivity (Wildman–Crippen MR) is 61.6 cm³/mol. The van der Waals surface area contributed by atoms with Gasteiger partial charge in [-0.2, -0.15) is 0 Å². The highest BCUT2D eigenvalue weighted by Gasteiger charge is 2.10. The Morgan fingerprint density at radius 2 is 1.94 bits per heavy atom. The lowest BCUT2D eigenvalue weighted by Gasteiger charge is -2.08. The molecule has 0 unspecified atom stereocenters. The number of rotatable bonds is 3. The van der Waals surface area contributed by atoms with Crippen molar-refractivity contribution in [2.75, 3.05) is 7.11 Å². The fraction of sp³-hybridized carbons (Fsp3) is 0.0769. The van der Waals surface area contributed by atoms with Gasteiger partial charge in [0.25, 0.3) is 0 Å². The molecule has 0 saturated carbocycles. The van der Waals surface area contributed by atoms with E-state index in [1.54, 1.807) is 18.3 Å². The van der Waals surface area contributed by atoms with Crippen molar-refractivity contribution in [2.24, 2.45) is 0 Å². The molecule has 0 atom stereocenters. The minimum Gasteiger partial charge on any atom is -0.494 e. The van der Waals surface area contributed by atoms with E-state index in [0.29, 0.717) is 23.2 Å². The first-order valence-electron chi connectivity index (χ1n) is 4.99. The third kappa shape index (κ3) is 2.15. The number of aromatic nitrogens is 1. The molecule has 1 aromatic heterocycles. The van der Waals surface area contributed by atoms with Crippen molar-refractivity contribution >= 4 is 6.29 Å². The van der Waals surface area contributed by atoms with Crippen molar-refractivity contribution in [1.82, 2.24) is 4.98 Å². The molecule has 0 radical (unpaired) electrons. The molecule has 1 aromatic carbocycles. The van der Waals surface area contributed by atoms with Crippen molar-refractivity contribution < 1.29 is 13.9 Å². The van der Waals surface area contributed by atoms with Gasteiger partial charge in [-0.1, -0.05) is 12.1 Å². The molecular formula is C13H10FNO2. The Bertz CT molecular complexity index is 538. The largest absolute Gasteiger partial charge is 0.494 e. The van der Waals surface area contributed by atoms with E-state index in [4.69, 9.17) is 4.74 Å². The molecule has 0 aliphatic rings. The summed E-state index contributed by atoms with van der Waals surface area (Å²) in [7, 11) is 1.47. The van der Waals surface area contributed by atoms with Crippen LogP contribution in [0, 0.1) is 5.82 Å². The first-order chi connectivity index (χ1) is 8.26. The number of halogens is 1. The van der Waals surface area contributed by atoms with Gasteiger partial charge < -0.3 is 4.74 Å². The molecule has 17 heavy (non-hydrogen) atoms. The number of aldehydes is 1. The number of pyridine rings is 1. The minimum absolute atomic E-state index is 0.322. The van der Waals surface area contributed by atoms with E-state index in [1.807, 2.05) is 0 Å². The normalized spacial score (nSPS) is 10.0. The van der Waals surface area contributed by atoms with Gasteiger partial charge in [0.05, 0.1) is 18.9 Å². The fourth-order valence-electron chi connectivity index (χ4n) is 1.60. The van der Waals surface area contributed by atoms with Gasteiger partial charge in [-0.25, -0.2) is 4.39 Å². The van der Waals surface area contributed by atoms with E-state index in [-0.39, 0.29) is 5.82 Å². The van der Waals surface area contributed by atoms with Gasteiger partial charge in [0.15, 0.2) is 6.29 Å². The first kappa shape index (κ1) is 11.3. The van der Waals surface area contributed by atoms with Crippen molar-refractivity contribution in [3.63, 3.8) is 0 Å². The molecule has 3 nitrogen and oxygen atoms in total. The molecule has 0 amide bonds. The summed E-state index contributed by atoms with van der Waals surface area (Å²) in [5.41, 5.74) is 1.76. The SMILES string of the molecule is COc1cncc(-c2ccc(F)cc2)c1C=O. The number of nitrogens with zero attached hydrogens (tertiary/aromatic N) is 1. The second kappa shape index (κ2) is 4.74. The average Bonchev–Trinajstić information content (AvgIpc) is 2.38. The van der Waals surface area contributed by atoms with Crippen LogP contribution in [0.5, 0.6) is 5.75 Å². The Hall–Kier alpha value is -2.23. The molecule has 0 spiro atoms. The molecule has 4 heteroatoms. The van der Waals surface area contributed by atoms with Gasteiger partial charge in [-0.05, 0) is 17.7 Å². The van der Waals surface area contributed by atoms with E-state index < -0.39 is 0 Å². The zero-order chi connectivity index (χ0) is 12.3. The molecule has 2 rings (SSSR count). The fourth-order valence-corrected chi connectivity index (χ4v) is 1.60. The second-order valence-corrected chi connectivity index (χ2v) is 3.43. The molecule has 0 aliphatic heterocycles. The second-order valence-electron chi connectivity index (χ2n) is 3.43. The molecule has 0 N–H and O–H groups in total. The molecular weight excluding hydrogens is 221 g/mol. The minimum atomic E-state index is -0.322. The lowest BCUT2D eigenvalue weighted by atomic mass is 10.0. The van der Waals surface area contributed by atoms with E-state index in [9.17, 15) is 9.18 Å². The molecule has 1 heterocycles. The van der Waals surface area contributed by atoms with Crippen molar-refractivity contribution in [1.29, 1.82) is 0 Å². The zero-order valence-electron chi connectivity index (χ0n) is 9.18. The van der Waals surface area contributed by atoms with Gasteiger partial charge >= 0.3 is 0 Å². The van der Waals surface area contributed by atoms with Crippen molar-refractivity contribution in [3.05, 3.63) is 48.0 Å². The first-order valence-corrected chi connectivity index (χ1v) is 4.99. The van der Waals surface area contributed by atoms with Crippen molar-refractivity contribution in [2.45, 2.75) is 0 Å². The number of benzene rings is 1. The smallest absolute Gasteiger partial charge is 0.154 e. The molecule has 0 saturated heterocycles. The maximum absolute atomic E-state index is 12.8. The quantitative estimate of drug-likeness (QED) is 0.762. The van der Waals surface area contributed by atoms with Gasteiger partial charge in [0.2, 0.25) is 0 Å². The van der Waals surface area contributed by atoms with Crippen LogP contribution in [0.15, 0.2) is 36.7 Å². The standard InChI is InChI=1S/C13H10FNO2/c1-17-13-7-15-6-11(12(13)8-16)9-2-4-10(14)5-3-9/h2-8H,1H3. The van der Waals surface area contributed by atoms with E-state index in [2.05, 4.69) is 4.98 Å². The van der Waals surface area contributed by atoms with Crippen LogP contribution in [0.3, 0.4) is 0 Å². The Morgan fingerprint density at radius 1 is 1.24 bits per heavy atom. The highest BCUT2D eigenvalue weighted by molar-refractivity contribution is 5.90. The molecule has 86 valence electrons. The third-order valence-electron chi connectivity index (χ3n) is 2.44. The Kier molecular flexibility index (Phi) is 3.14. The van der Waals surface area contributed by atoms with Crippen LogP contribution in [0.25, 0.3) is 11.1 Å². The summed E-state index contributed by atoms with van der Waals surface area (Å²) in [6, 6.07) is 5.87. The molecule has 0 bridgehead atoms. The summed E-state index contributed by atoms with van der Waals surface area (Å²) < 4.78 is 17.9. The molecule has 0 fully saturated rings. The van der Waals surface area contributed by atoms with Crippen LogP contribution in [0.2, 0.25) is 0 Å². The third-order valence-corrected chi connectivity index (χ3v) is 2.44. The number of methoxy groups -OCH3 is 1. The average molecular weight is 231 g/mol. The van der Waals surface area contributed by atoms with Crippen LogP contribution in [-0.4, -0.2) is 18.4 Å². The summed E-state index contributed by atoms with van der Waals surface area (Å²) in [6.07, 6.45) is 3.73. The van der Waals surface area contributed by atoms with Gasteiger partial charge in [-0.15, -0.1) is 0 Å². The lowest BCUT2D eigenvalue weighted by molar-refractivity contribution is 0.112. The van der Waals surface area contributed by atoms with Crippen LogP contribution < -0.4 is 4.74 Å². The molecule has 2 aromatic rings. The highest BCUT2D eigenvalue weighted by atomic mass is 19.1. The monoisotopic (exact) mass is 231 g/mol. The van der Waals surface area contributed by atoms with Crippen LogP contribution >= 0.6 is 0 Å². The van der Waals surface area contributed by atoms with Gasteiger partial charge in [0, 0.05) is 11.8 Å². The van der Waals surface area contributed by atoms with Crippen molar-refractivity contribution in [3.8, 4) is 16.9 Å². The van der Waals surface area contributed by atoms with E-state index >= 15 is 0 Å². The lowest BCUT2D eigenvalue weighted by Crippen LogP contribution is -1.95. The summed E-state index contributed by atoms with van der Waals surface area (Å²) >= 11 is 0. The maximum Gasteiger partial charge on any atom is 0.154 e. The molecule has 0 aliphatic carbocycles.